The van der Waals surface area contributed by atoms with Crippen LogP contribution < -0.4 is 4.90 Å². The van der Waals surface area contributed by atoms with Crippen LogP contribution in [0.3, 0.4) is 0 Å². The van der Waals surface area contributed by atoms with Gasteiger partial charge in [0.05, 0.1) is 16.7 Å². The van der Waals surface area contributed by atoms with Crippen molar-refractivity contribution < 1.29 is 0 Å². The summed E-state index contributed by atoms with van der Waals surface area (Å²) < 4.78 is 5.10. The number of anilines is 3. The zero-order valence-corrected chi connectivity index (χ0v) is 25.3. The van der Waals surface area contributed by atoms with E-state index >= 15 is 0 Å². The Bertz CT molecular complexity index is 2440. The van der Waals surface area contributed by atoms with E-state index in [-0.39, 0.29) is 0 Å². The summed E-state index contributed by atoms with van der Waals surface area (Å²) in [4.78, 5) is 2.40. The number of rotatable bonds is 5. The standard InChI is InChI=1S/C42H28N2S/c1-4-15-29(16-5-1)43(30-17-6-2-7-18-30)38-28-27-33(35-24-14-23-34-32-21-11-13-26-39(32)45-42(34)35)41-40(38)36-22-10-12-25-37(36)44(41)31-19-8-3-9-20-31/h1-28H. The molecule has 0 amide bonds. The molecular formula is C42H28N2S. The number of aromatic nitrogens is 1. The lowest BCUT2D eigenvalue weighted by Gasteiger charge is -2.27. The molecule has 2 heterocycles. The van der Waals surface area contributed by atoms with Gasteiger partial charge < -0.3 is 9.47 Å². The molecule has 0 unspecified atom stereocenters. The van der Waals surface area contributed by atoms with Crippen molar-refractivity contribution in [3.05, 3.63) is 170 Å². The van der Waals surface area contributed by atoms with Crippen molar-refractivity contribution in [2.75, 3.05) is 4.90 Å². The predicted molar refractivity (Wildman–Crippen MR) is 194 cm³/mol. The molecule has 212 valence electrons. The van der Waals surface area contributed by atoms with Crippen molar-refractivity contribution in [3.8, 4) is 16.8 Å². The Balaban J connectivity index is 1.46. The van der Waals surface area contributed by atoms with Crippen LogP contribution in [0.2, 0.25) is 0 Å². The maximum Gasteiger partial charge on any atom is 0.0641 e. The quantitative estimate of drug-likeness (QED) is 0.193. The van der Waals surface area contributed by atoms with E-state index in [1.807, 2.05) is 11.3 Å². The molecule has 0 radical (unpaired) electrons. The van der Waals surface area contributed by atoms with E-state index < -0.39 is 0 Å². The molecule has 0 saturated heterocycles. The van der Waals surface area contributed by atoms with Crippen LogP contribution >= 0.6 is 11.3 Å². The van der Waals surface area contributed by atoms with Gasteiger partial charge in [-0.2, -0.15) is 0 Å². The van der Waals surface area contributed by atoms with Crippen LogP contribution in [0.4, 0.5) is 17.1 Å². The van der Waals surface area contributed by atoms with E-state index in [0.717, 1.165) is 22.7 Å². The highest BCUT2D eigenvalue weighted by atomic mass is 32.1. The monoisotopic (exact) mass is 592 g/mol. The number of para-hydroxylation sites is 4. The first kappa shape index (κ1) is 25.8. The van der Waals surface area contributed by atoms with Crippen molar-refractivity contribution in [2.24, 2.45) is 0 Å². The van der Waals surface area contributed by atoms with Gasteiger partial charge in [0.1, 0.15) is 0 Å². The normalized spacial score (nSPS) is 11.6. The molecule has 2 nitrogen and oxygen atoms in total. The summed E-state index contributed by atoms with van der Waals surface area (Å²) in [6, 6.07) is 61.3. The molecule has 0 aliphatic carbocycles. The van der Waals surface area contributed by atoms with Crippen molar-refractivity contribution in [2.45, 2.75) is 0 Å². The Morgan fingerprint density at radius 3 is 1.78 bits per heavy atom. The van der Waals surface area contributed by atoms with Crippen molar-refractivity contribution in [3.63, 3.8) is 0 Å². The molecule has 0 fully saturated rings. The Kier molecular flexibility index (Phi) is 6.03. The van der Waals surface area contributed by atoms with Crippen LogP contribution in [0, 0.1) is 0 Å². The van der Waals surface area contributed by atoms with Gasteiger partial charge in [-0.05, 0) is 54.6 Å². The zero-order chi connectivity index (χ0) is 29.7. The zero-order valence-electron chi connectivity index (χ0n) is 24.5. The second kappa shape index (κ2) is 10.5. The van der Waals surface area contributed by atoms with E-state index in [1.165, 1.54) is 53.1 Å². The molecule has 0 spiro atoms. The molecule has 0 aliphatic heterocycles. The molecule has 7 aromatic carbocycles. The summed E-state index contributed by atoms with van der Waals surface area (Å²) in [7, 11) is 0. The average molecular weight is 593 g/mol. The number of nitrogens with zero attached hydrogens (tertiary/aromatic N) is 2. The van der Waals surface area contributed by atoms with Gasteiger partial charge in [-0.15, -0.1) is 11.3 Å². The van der Waals surface area contributed by atoms with Crippen LogP contribution in [0.15, 0.2) is 170 Å². The van der Waals surface area contributed by atoms with Crippen molar-refractivity contribution in [1.82, 2.24) is 4.57 Å². The molecule has 0 N–H and O–H groups in total. The third-order valence-corrected chi connectivity index (χ3v) is 9.99. The van der Waals surface area contributed by atoms with Gasteiger partial charge in [0.15, 0.2) is 0 Å². The van der Waals surface area contributed by atoms with Crippen molar-refractivity contribution >= 4 is 70.4 Å². The first-order valence-electron chi connectivity index (χ1n) is 15.3. The number of thiophene rings is 1. The molecule has 0 atom stereocenters. The fraction of sp³-hybridized carbons (Fsp3) is 0. The topological polar surface area (TPSA) is 8.17 Å². The molecule has 9 aromatic rings. The number of hydrogen-bond acceptors (Lipinski definition) is 2. The number of benzene rings is 7. The van der Waals surface area contributed by atoms with Crippen LogP contribution in [0.1, 0.15) is 0 Å². The molecule has 0 aliphatic rings. The van der Waals surface area contributed by atoms with Gasteiger partial charge in [-0.1, -0.05) is 115 Å². The summed E-state index contributed by atoms with van der Waals surface area (Å²) in [5.41, 5.74) is 9.45. The van der Waals surface area contributed by atoms with Crippen LogP contribution in [0.25, 0.3) is 58.8 Å². The van der Waals surface area contributed by atoms with E-state index in [9.17, 15) is 0 Å². The summed E-state index contributed by atoms with van der Waals surface area (Å²) in [6.45, 7) is 0. The summed E-state index contributed by atoms with van der Waals surface area (Å²) in [5, 5.41) is 5.09. The van der Waals surface area contributed by atoms with E-state index in [4.69, 9.17) is 0 Å². The lowest BCUT2D eigenvalue weighted by molar-refractivity contribution is 1.18. The van der Waals surface area contributed by atoms with Gasteiger partial charge in [-0.3, -0.25) is 0 Å². The summed E-state index contributed by atoms with van der Waals surface area (Å²) in [5.74, 6) is 0. The second-order valence-electron chi connectivity index (χ2n) is 11.3. The molecule has 2 aromatic heterocycles. The highest BCUT2D eigenvalue weighted by Gasteiger charge is 2.24. The highest BCUT2D eigenvalue weighted by molar-refractivity contribution is 7.26. The molecule has 3 heteroatoms. The maximum absolute atomic E-state index is 2.46. The van der Waals surface area contributed by atoms with Gasteiger partial charge in [-0.25, -0.2) is 0 Å². The second-order valence-corrected chi connectivity index (χ2v) is 12.4. The first-order valence-corrected chi connectivity index (χ1v) is 16.1. The minimum absolute atomic E-state index is 1.13. The third-order valence-electron chi connectivity index (χ3n) is 8.77. The summed E-state index contributed by atoms with van der Waals surface area (Å²) in [6.07, 6.45) is 0. The first-order chi connectivity index (χ1) is 22.4. The fourth-order valence-corrected chi connectivity index (χ4v) is 8.10. The number of fused-ring (bicyclic) bond motifs is 6. The average Bonchev–Trinajstić information content (AvgIpc) is 3.67. The van der Waals surface area contributed by atoms with Crippen LogP contribution in [0.5, 0.6) is 0 Å². The highest BCUT2D eigenvalue weighted by Crippen LogP contribution is 2.49. The minimum Gasteiger partial charge on any atom is -0.310 e. The van der Waals surface area contributed by atoms with Gasteiger partial charge in [0.25, 0.3) is 0 Å². The van der Waals surface area contributed by atoms with Crippen molar-refractivity contribution in [1.29, 1.82) is 0 Å². The van der Waals surface area contributed by atoms with Gasteiger partial charge >= 0.3 is 0 Å². The lowest BCUT2D eigenvalue weighted by atomic mass is 9.98. The Morgan fingerprint density at radius 2 is 1.04 bits per heavy atom. The fourth-order valence-electron chi connectivity index (χ4n) is 6.87. The predicted octanol–water partition coefficient (Wildman–Crippen LogP) is 12.3. The van der Waals surface area contributed by atoms with Crippen LogP contribution in [-0.2, 0) is 0 Å². The smallest absolute Gasteiger partial charge is 0.0641 e. The minimum atomic E-state index is 1.13. The molecule has 45 heavy (non-hydrogen) atoms. The Hall–Kier alpha value is -5.64. The largest absolute Gasteiger partial charge is 0.310 e. The third kappa shape index (κ3) is 4.09. The van der Waals surface area contributed by atoms with Crippen LogP contribution in [-0.4, -0.2) is 4.57 Å². The van der Waals surface area contributed by atoms with Gasteiger partial charge in [0.2, 0.25) is 0 Å². The Morgan fingerprint density at radius 1 is 0.444 bits per heavy atom. The van der Waals surface area contributed by atoms with E-state index in [0.29, 0.717) is 0 Å². The molecular weight excluding hydrogens is 565 g/mol. The summed E-state index contributed by atoms with van der Waals surface area (Å²) >= 11 is 1.88. The van der Waals surface area contributed by atoms with E-state index in [1.54, 1.807) is 0 Å². The molecule has 0 saturated carbocycles. The number of hydrogen-bond donors (Lipinski definition) is 0. The molecule has 9 rings (SSSR count). The van der Waals surface area contributed by atoms with Gasteiger partial charge in [0, 0.05) is 59.1 Å². The lowest BCUT2D eigenvalue weighted by Crippen LogP contribution is -2.10. The molecule has 0 bridgehead atoms. The Labute approximate surface area is 265 Å². The SMILES string of the molecule is c1ccc(N(c2ccccc2)c2ccc(-c3cccc4c3sc3ccccc34)c3c2c2ccccc2n3-c2ccccc2)cc1. The van der Waals surface area contributed by atoms with E-state index in [2.05, 4.69) is 179 Å². The maximum atomic E-state index is 2.46.